The molecule has 1 aromatic carbocycles. The molecule has 0 N–H and O–H groups in total. The van der Waals surface area contributed by atoms with Crippen molar-refractivity contribution in [3.63, 3.8) is 0 Å². The Bertz CT molecular complexity index is 665. The SMILES string of the molecule is Cc1nnc(N2CCN(C(=O)Cc3cccc(Cl)c3)CC2)o1. The van der Waals surface area contributed by atoms with Crippen LogP contribution in [0.2, 0.25) is 5.02 Å². The van der Waals surface area contributed by atoms with E-state index >= 15 is 0 Å². The van der Waals surface area contributed by atoms with Crippen molar-refractivity contribution in [2.45, 2.75) is 13.3 Å². The van der Waals surface area contributed by atoms with E-state index < -0.39 is 0 Å². The van der Waals surface area contributed by atoms with E-state index in [2.05, 4.69) is 10.2 Å². The molecule has 1 amide bonds. The molecular formula is C15H17ClN4O2. The van der Waals surface area contributed by atoms with Crippen LogP contribution in [0, 0.1) is 6.92 Å². The lowest BCUT2D eigenvalue weighted by molar-refractivity contribution is -0.130. The van der Waals surface area contributed by atoms with E-state index in [9.17, 15) is 4.79 Å². The molecule has 0 spiro atoms. The molecular weight excluding hydrogens is 304 g/mol. The number of carbonyl (C=O) groups excluding carboxylic acids is 1. The molecule has 3 rings (SSSR count). The highest BCUT2D eigenvalue weighted by Gasteiger charge is 2.23. The number of aryl methyl sites for hydroxylation is 1. The second kappa shape index (κ2) is 6.36. The summed E-state index contributed by atoms with van der Waals surface area (Å²) in [5.41, 5.74) is 0.937. The van der Waals surface area contributed by atoms with E-state index in [-0.39, 0.29) is 5.91 Å². The van der Waals surface area contributed by atoms with Gasteiger partial charge in [-0.25, -0.2) is 0 Å². The number of aromatic nitrogens is 2. The summed E-state index contributed by atoms with van der Waals surface area (Å²) < 4.78 is 5.41. The summed E-state index contributed by atoms with van der Waals surface area (Å²) in [7, 11) is 0. The fourth-order valence-electron chi connectivity index (χ4n) is 2.49. The van der Waals surface area contributed by atoms with Gasteiger partial charge in [-0.3, -0.25) is 4.79 Å². The number of hydrogen-bond acceptors (Lipinski definition) is 5. The second-order valence-corrected chi connectivity index (χ2v) is 5.71. The zero-order valence-electron chi connectivity index (χ0n) is 12.3. The van der Waals surface area contributed by atoms with E-state index in [1.54, 1.807) is 13.0 Å². The summed E-state index contributed by atoms with van der Waals surface area (Å²) in [5.74, 6) is 0.665. The number of benzene rings is 1. The fourth-order valence-corrected chi connectivity index (χ4v) is 2.71. The Kier molecular flexibility index (Phi) is 4.29. The Balaban J connectivity index is 1.55. The molecule has 2 aromatic rings. The molecule has 1 aliphatic heterocycles. The summed E-state index contributed by atoms with van der Waals surface area (Å²) >= 11 is 5.95. The number of anilines is 1. The molecule has 7 heteroatoms. The van der Waals surface area contributed by atoms with Crippen molar-refractivity contribution >= 4 is 23.5 Å². The van der Waals surface area contributed by atoms with Gasteiger partial charge in [-0.2, -0.15) is 0 Å². The van der Waals surface area contributed by atoms with Gasteiger partial charge in [-0.1, -0.05) is 28.8 Å². The summed E-state index contributed by atoms with van der Waals surface area (Å²) in [6.07, 6.45) is 0.375. The van der Waals surface area contributed by atoms with Crippen LogP contribution in [0.25, 0.3) is 0 Å². The number of carbonyl (C=O) groups is 1. The smallest absolute Gasteiger partial charge is 0.318 e. The molecule has 0 radical (unpaired) electrons. The first-order valence-corrected chi connectivity index (χ1v) is 7.57. The number of halogens is 1. The quantitative estimate of drug-likeness (QED) is 0.864. The predicted molar refractivity (Wildman–Crippen MR) is 83.0 cm³/mol. The lowest BCUT2D eigenvalue weighted by Crippen LogP contribution is -2.49. The van der Waals surface area contributed by atoms with Crippen LogP contribution in [0.4, 0.5) is 6.01 Å². The molecule has 2 heterocycles. The third kappa shape index (κ3) is 3.39. The Morgan fingerprint density at radius 2 is 2.05 bits per heavy atom. The number of hydrogen-bond donors (Lipinski definition) is 0. The Morgan fingerprint density at radius 1 is 1.27 bits per heavy atom. The van der Waals surface area contributed by atoms with Gasteiger partial charge in [0.2, 0.25) is 11.8 Å². The van der Waals surface area contributed by atoms with Crippen molar-refractivity contribution in [2.75, 3.05) is 31.1 Å². The minimum Gasteiger partial charge on any atom is -0.408 e. The van der Waals surface area contributed by atoms with E-state index in [4.69, 9.17) is 16.0 Å². The van der Waals surface area contributed by atoms with Gasteiger partial charge in [0.15, 0.2) is 0 Å². The molecule has 0 atom stereocenters. The molecule has 0 saturated carbocycles. The standard InChI is InChI=1S/C15H17ClN4O2/c1-11-17-18-15(22-11)20-7-5-19(6-8-20)14(21)10-12-3-2-4-13(16)9-12/h2-4,9H,5-8,10H2,1H3. The Labute approximate surface area is 133 Å². The minimum atomic E-state index is 0.114. The maximum absolute atomic E-state index is 12.3. The van der Waals surface area contributed by atoms with Gasteiger partial charge < -0.3 is 14.2 Å². The topological polar surface area (TPSA) is 62.5 Å². The van der Waals surface area contributed by atoms with Crippen LogP contribution in [0.1, 0.15) is 11.5 Å². The van der Waals surface area contributed by atoms with Crippen molar-refractivity contribution in [1.82, 2.24) is 15.1 Å². The Morgan fingerprint density at radius 3 is 2.68 bits per heavy atom. The number of rotatable bonds is 3. The van der Waals surface area contributed by atoms with Crippen LogP contribution in [-0.4, -0.2) is 47.2 Å². The zero-order chi connectivity index (χ0) is 15.5. The lowest BCUT2D eigenvalue weighted by Gasteiger charge is -2.33. The third-order valence-corrected chi connectivity index (χ3v) is 3.90. The lowest BCUT2D eigenvalue weighted by atomic mass is 10.1. The summed E-state index contributed by atoms with van der Waals surface area (Å²) in [6.45, 7) is 4.47. The molecule has 1 saturated heterocycles. The van der Waals surface area contributed by atoms with Crippen LogP contribution in [0.3, 0.4) is 0 Å². The average Bonchev–Trinajstić information content (AvgIpc) is 2.94. The van der Waals surface area contributed by atoms with Gasteiger partial charge in [0, 0.05) is 38.1 Å². The van der Waals surface area contributed by atoms with Crippen molar-refractivity contribution < 1.29 is 9.21 Å². The maximum atomic E-state index is 12.3. The van der Waals surface area contributed by atoms with Crippen LogP contribution < -0.4 is 4.90 Å². The van der Waals surface area contributed by atoms with E-state index in [1.807, 2.05) is 28.0 Å². The summed E-state index contributed by atoms with van der Waals surface area (Å²) in [5, 5.41) is 8.49. The molecule has 0 bridgehead atoms. The van der Waals surface area contributed by atoms with Gasteiger partial charge in [-0.15, -0.1) is 5.10 Å². The maximum Gasteiger partial charge on any atom is 0.318 e. The van der Waals surface area contributed by atoms with Crippen LogP contribution >= 0.6 is 11.6 Å². The first-order chi connectivity index (χ1) is 10.6. The van der Waals surface area contributed by atoms with Crippen molar-refractivity contribution in [3.05, 3.63) is 40.7 Å². The summed E-state index contributed by atoms with van der Waals surface area (Å²) in [4.78, 5) is 16.2. The molecule has 0 aliphatic carbocycles. The molecule has 1 aromatic heterocycles. The normalized spacial score (nSPS) is 15.2. The third-order valence-electron chi connectivity index (χ3n) is 3.66. The highest BCUT2D eigenvalue weighted by molar-refractivity contribution is 6.30. The second-order valence-electron chi connectivity index (χ2n) is 5.28. The van der Waals surface area contributed by atoms with Crippen molar-refractivity contribution in [1.29, 1.82) is 0 Å². The number of amides is 1. The first-order valence-electron chi connectivity index (χ1n) is 7.19. The monoisotopic (exact) mass is 320 g/mol. The minimum absolute atomic E-state index is 0.114. The van der Waals surface area contributed by atoms with Gasteiger partial charge in [0.05, 0.1) is 6.42 Å². The predicted octanol–water partition coefficient (Wildman–Crippen LogP) is 1.92. The van der Waals surface area contributed by atoms with Crippen LogP contribution in [0.15, 0.2) is 28.7 Å². The summed E-state index contributed by atoms with van der Waals surface area (Å²) in [6, 6.07) is 7.94. The van der Waals surface area contributed by atoms with Gasteiger partial charge in [0.1, 0.15) is 0 Å². The highest BCUT2D eigenvalue weighted by Crippen LogP contribution is 2.16. The van der Waals surface area contributed by atoms with Crippen LogP contribution in [-0.2, 0) is 11.2 Å². The highest BCUT2D eigenvalue weighted by atomic mass is 35.5. The molecule has 6 nitrogen and oxygen atoms in total. The zero-order valence-corrected chi connectivity index (χ0v) is 13.1. The molecule has 22 heavy (non-hydrogen) atoms. The average molecular weight is 321 g/mol. The van der Waals surface area contributed by atoms with Crippen LogP contribution in [0.5, 0.6) is 0 Å². The van der Waals surface area contributed by atoms with E-state index in [0.717, 1.165) is 5.56 Å². The van der Waals surface area contributed by atoms with Gasteiger partial charge in [-0.05, 0) is 17.7 Å². The fraction of sp³-hybridized carbons (Fsp3) is 0.400. The Hall–Kier alpha value is -2.08. The van der Waals surface area contributed by atoms with Gasteiger partial charge in [0.25, 0.3) is 0 Å². The van der Waals surface area contributed by atoms with E-state index in [0.29, 0.717) is 49.5 Å². The number of nitrogens with zero attached hydrogens (tertiary/aromatic N) is 4. The molecule has 0 unspecified atom stereocenters. The largest absolute Gasteiger partial charge is 0.408 e. The first kappa shape index (κ1) is 14.8. The van der Waals surface area contributed by atoms with Crippen molar-refractivity contribution in [3.8, 4) is 0 Å². The van der Waals surface area contributed by atoms with E-state index in [1.165, 1.54) is 0 Å². The molecule has 116 valence electrons. The molecule has 1 fully saturated rings. The van der Waals surface area contributed by atoms with Gasteiger partial charge >= 0.3 is 6.01 Å². The van der Waals surface area contributed by atoms with Crippen molar-refractivity contribution in [2.24, 2.45) is 0 Å². The number of piperazine rings is 1. The molecule has 1 aliphatic rings.